The van der Waals surface area contributed by atoms with Gasteiger partial charge in [-0.05, 0) is 80.9 Å². The number of pyridine rings is 1. The summed E-state index contributed by atoms with van der Waals surface area (Å²) in [6.45, 7) is 3.25. The number of hydrogen-bond acceptors (Lipinski definition) is 6. The molecule has 0 spiro atoms. The monoisotopic (exact) mass is 730 g/mol. The van der Waals surface area contributed by atoms with Crippen molar-refractivity contribution >= 4 is 28.6 Å². The number of thioether (sulfide) groups is 1. The first-order valence-corrected chi connectivity index (χ1v) is 18.2. The zero-order chi connectivity index (χ0) is 36.3. The van der Waals surface area contributed by atoms with Crippen molar-refractivity contribution in [3.05, 3.63) is 95.1 Å². The maximum atomic E-state index is 14.6. The Morgan fingerprint density at radius 3 is 2.25 bits per heavy atom. The first-order chi connectivity index (χ1) is 24.4. The molecule has 2 saturated heterocycles. The van der Waals surface area contributed by atoms with Gasteiger partial charge in [-0.2, -0.15) is 26.3 Å². The highest BCUT2D eigenvalue weighted by atomic mass is 32.2. The lowest BCUT2D eigenvalue weighted by Gasteiger charge is -2.41. The van der Waals surface area contributed by atoms with E-state index < -0.39 is 29.9 Å². The van der Waals surface area contributed by atoms with Gasteiger partial charge in [0.25, 0.3) is 5.91 Å². The molecule has 0 unspecified atom stereocenters. The third-order valence-electron chi connectivity index (χ3n) is 9.98. The van der Waals surface area contributed by atoms with E-state index in [4.69, 9.17) is 9.72 Å². The standard InChI is InChI=1S/C38H40F6N4O2S/c1-50-28-15-19-48(20-16-28)27-13-17-47(18-14-27)23-31-33(36(49)46-35(38(42,43)44)24-7-4-3-5-8-24)30-22-29(51-2)11-12-32(30)45-34(31)25-9-6-10-26(21-25)37(39,40)41/h3-12,21-22,27-28,35H,13-20,23H2,1-2H3,(H,46,49)/t35-/m1/s1. The summed E-state index contributed by atoms with van der Waals surface area (Å²) in [5.41, 5.74) is -0.244. The van der Waals surface area contributed by atoms with E-state index in [0.29, 0.717) is 24.5 Å². The van der Waals surface area contributed by atoms with Gasteiger partial charge in [0.05, 0.1) is 28.4 Å². The van der Waals surface area contributed by atoms with Gasteiger partial charge in [-0.25, -0.2) is 4.98 Å². The van der Waals surface area contributed by atoms with Crippen molar-refractivity contribution in [1.82, 2.24) is 20.1 Å². The van der Waals surface area contributed by atoms with Crippen LogP contribution in [-0.4, -0.2) is 78.6 Å². The summed E-state index contributed by atoms with van der Waals surface area (Å²) in [5, 5.41) is 2.58. The predicted octanol–water partition coefficient (Wildman–Crippen LogP) is 8.75. The second-order valence-corrected chi connectivity index (χ2v) is 14.0. The number of hydrogen-bond donors (Lipinski definition) is 1. The minimum atomic E-state index is -4.83. The number of nitrogens with zero attached hydrogens (tertiary/aromatic N) is 3. The van der Waals surface area contributed by atoms with E-state index in [0.717, 1.165) is 55.8 Å². The highest BCUT2D eigenvalue weighted by molar-refractivity contribution is 7.98. The number of piperidine rings is 2. The average molecular weight is 731 g/mol. The van der Waals surface area contributed by atoms with E-state index in [1.807, 2.05) is 6.26 Å². The molecule has 1 amide bonds. The molecule has 0 bridgehead atoms. The van der Waals surface area contributed by atoms with Crippen LogP contribution in [0.3, 0.4) is 0 Å². The predicted molar refractivity (Wildman–Crippen MR) is 187 cm³/mol. The number of methoxy groups -OCH3 is 1. The number of alkyl halides is 6. The van der Waals surface area contributed by atoms with Crippen LogP contribution in [-0.2, 0) is 17.5 Å². The zero-order valence-electron chi connectivity index (χ0n) is 28.4. The van der Waals surface area contributed by atoms with Crippen LogP contribution >= 0.6 is 11.8 Å². The van der Waals surface area contributed by atoms with Crippen molar-refractivity contribution in [2.24, 2.45) is 0 Å². The molecular weight excluding hydrogens is 690 g/mol. The largest absolute Gasteiger partial charge is 0.416 e. The molecule has 2 aliphatic heterocycles. The molecule has 1 N–H and O–H groups in total. The van der Waals surface area contributed by atoms with Crippen molar-refractivity contribution in [2.45, 2.75) is 67.7 Å². The lowest BCUT2D eigenvalue weighted by atomic mass is 9.93. The summed E-state index contributed by atoms with van der Waals surface area (Å²) in [5.74, 6) is -0.981. The molecular formula is C38H40F6N4O2S. The fraction of sp³-hybridized carbons (Fsp3) is 0.421. The third-order valence-corrected chi connectivity index (χ3v) is 10.7. The van der Waals surface area contributed by atoms with Gasteiger partial charge >= 0.3 is 12.4 Å². The smallest absolute Gasteiger partial charge is 0.381 e. The van der Waals surface area contributed by atoms with Crippen LogP contribution in [0.2, 0.25) is 0 Å². The van der Waals surface area contributed by atoms with Crippen LogP contribution in [0.5, 0.6) is 0 Å². The summed E-state index contributed by atoms with van der Waals surface area (Å²) in [6.07, 6.45) is -3.80. The van der Waals surface area contributed by atoms with E-state index in [1.54, 1.807) is 31.4 Å². The fourth-order valence-corrected chi connectivity index (χ4v) is 7.69. The molecule has 2 aliphatic rings. The number of rotatable bonds is 9. The van der Waals surface area contributed by atoms with E-state index in [1.165, 1.54) is 48.2 Å². The summed E-state index contributed by atoms with van der Waals surface area (Å²) in [4.78, 5) is 24.6. The second kappa shape index (κ2) is 15.5. The number of halogens is 6. The van der Waals surface area contributed by atoms with Crippen LogP contribution < -0.4 is 5.32 Å². The Labute approximate surface area is 297 Å². The number of nitrogens with one attached hydrogen (secondary N) is 1. The fourth-order valence-electron chi connectivity index (χ4n) is 7.25. The summed E-state index contributed by atoms with van der Waals surface area (Å²) < 4.78 is 91.0. The van der Waals surface area contributed by atoms with Crippen LogP contribution in [0.1, 0.15) is 58.8 Å². The van der Waals surface area contributed by atoms with Gasteiger partial charge in [0.1, 0.15) is 0 Å². The van der Waals surface area contributed by atoms with Crippen LogP contribution in [0.15, 0.2) is 77.7 Å². The molecule has 1 atom stereocenters. The third kappa shape index (κ3) is 8.54. The van der Waals surface area contributed by atoms with Crippen molar-refractivity contribution in [1.29, 1.82) is 0 Å². The number of ether oxygens (including phenoxy) is 1. The van der Waals surface area contributed by atoms with Crippen LogP contribution in [0.25, 0.3) is 22.2 Å². The topological polar surface area (TPSA) is 57.7 Å². The molecule has 272 valence electrons. The van der Waals surface area contributed by atoms with Gasteiger partial charge in [0, 0.05) is 54.2 Å². The molecule has 13 heteroatoms. The quantitative estimate of drug-likeness (QED) is 0.137. The second-order valence-electron chi connectivity index (χ2n) is 13.1. The molecule has 1 aromatic heterocycles. The van der Waals surface area contributed by atoms with Crippen molar-refractivity contribution in [3.8, 4) is 11.3 Å². The number of benzene rings is 3. The van der Waals surface area contributed by atoms with Crippen molar-refractivity contribution in [2.75, 3.05) is 39.5 Å². The molecule has 0 saturated carbocycles. The molecule has 51 heavy (non-hydrogen) atoms. The molecule has 2 fully saturated rings. The zero-order valence-corrected chi connectivity index (χ0v) is 29.2. The molecule has 6 nitrogen and oxygen atoms in total. The number of aromatic nitrogens is 1. The number of likely N-dealkylation sites (tertiary alicyclic amines) is 2. The number of carbonyl (C=O) groups excluding carboxylic acids is 1. The average Bonchev–Trinajstić information content (AvgIpc) is 3.13. The molecule has 3 heterocycles. The minimum absolute atomic E-state index is 0.0303. The van der Waals surface area contributed by atoms with Crippen LogP contribution in [0, 0.1) is 0 Å². The number of carbonyl (C=O) groups is 1. The SMILES string of the molecule is COC1CCN(C2CCN(Cc3c(-c4cccc(C(F)(F)F)c4)nc4ccc(SC)cc4c3C(=O)N[C@H](c3ccccc3)C(F)(F)F)CC2)CC1. The Balaban J connectivity index is 1.44. The Morgan fingerprint density at radius 2 is 1.63 bits per heavy atom. The maximum absolute atomic E-state index is 14.6. The summed E-state index contributed by atoms with van der Waals surface area (Å²) >= 11 is 1.39. The van der Waals surface area contributed by atoms with Gasteiger partial charge in [0.2, 0.25) is 0 Å². The minimum Gasteiger partial charge on any atom is -0.381 e. The lowest BCUT2D eigenvalue weighted by Crippen LogP contribution is -2.48. The number of fused-ring (bicyclic) bond motifs is 1. The van der Waals surface area contributed by atoms with Gasteiger partial charge in [-0.1, -0.05) is 42.5 Å². The highest BCUT2D eigenvalue weighted by Crippen LogP contribution is 2.39. The lowest BCUT2D eigenvalue weighted by molar-refractivity contribution is -0.155. The maximum Gasteiger partial charge on any atom is 0.416 e. The van der Waals surface area contributed by atoms with Crippen molar-refractivity contribution < 1.29 is 35.9 Å². The van der Waals surface area contributed by atoms with E-state index in [2.05, 4.69) is 15.1 Å². The van der Waals surface area contributed by atoms with Gasteiger partial charge < -0.3 is 15.0 Å². The van der Waals surface area contributed by atoms with Crippen LogP contribution in [0.4, 0.5) is 26.3 Å². The normalized spacial score (nSPS) is 17.9. The summed E-state index contributed by atoms with van der Waals surface area (Å²) in [7, 11) is 1.73. The van der Waals surface area contributed by atoms with Crippen molar-refractivity contribution in [3.63, 3.8) is 0 Å². The molecule has 6 rings (SSSR count). The molecule has 0 radical (unpaired) electrons. The van der Waals surface area contributed by atoms with E-state index >= 15 is 0 Å². The Hall–Kier alpha value is -3.65. The van der Waals surface area contributed by atoms with E-state index in [-0.39, 0.29) is 46.1 Å². The number of amides is 1. The Kier molecular flexibility index (Phi) is 11.3. The first kappa shape index (κ1) is 37.1. The van der Waals surface area contributed by atoms with E-state index in [9.17, 15) is 31.1 Å². The van der Waals surface area contributed by atoms with Gasteiger partial charge in [-0.15, -0.1) is 11.8 Å². The first-order valence-electron chi connectivity index (χ1n) is 17.0. The molecule has 0 aliphatic carbocycles. The van der Waals surface area contributed by atoms with Gasteiger partial charge in [0.15, 0.2) is 6.04 Å². The Morgan fingerprint density at radius 1 is 0.922 bits per heavy atom. The molecule has 3 aromatic carbocycles. The highest BCUT2D eigenvalue weighted by Gasteiger charge is 2.43. The van der Waals surface area contributed by atoms with Gasteiger partial charge in [-0.3, -0.25) is 9.69 Å². The Bertz CT molecular complexity index is 1820. The summed E-state index contributed by atoms with van der Waals surface area (Å²) in [6, 6.07) is 15.0. The molecule has 4 aromatic rings.